The van der Waals surface area contributed by atoms with Gasteiger partial charge in [-0.15, -0.1) is 0 Å². The molecule has 1 aliphatic rings. The van der Waals surface area contributed by atoms with Crippen molar-refractivity contribution in [2.75, 3.05) is 33.5 Å². The van der Waals surface area contributed by atoms with Crippen LogP contribution in [0.15, 0.2) is 16.7 Å². The van der Waals surface area contributed by atoms with Crippen LogP contribution in [0.1, 0.15) is 35.8 Å². The zero-order valence-electron chi connectivity index (χ0n) is 11.7. The molecule has 112 valence electrons. The maximum atomic E-state index is 12.1. The molecular formula is C14H21BrN2O3. The van der Waals surface area contributed by atoms with Crippen LogP contribution in [0.3, 0.4) is 0 Å². The van der Waals surface area contributed by atoms with Crippen molar-refractivity contribution < 1.29 is 14.3 Å². The van der Waals surface area contributed by atoms with E-state index in [1.54, 1.807) is 7.11 Å². The molecule has 1 aromatic rings. The lowest BCUT2D eigenvalue weighted by Crippen LogP contribution is -2.27. The van der Waals surface area contributed by atoms with Crippen molar-refractivity contribution in [1.29, 1.82) is 0 Å². The van der Waals surface area contributed by atoms with Crippen LogP contribution >= 0.6 is 15.9 Å². The van der Waals surface area contributed by atoms with E-state index in [1.165, 1.54) is 0 Å². The molecule has 1 heterocycles. The van der Waals surface area contributed by atoms with Gasteiger partial charge in [-0.25, -0.2) is 0 Å². The molecule has 0 unspecified atom stereocenters. The van der Waals surface area contributed by atoms with Gasteiger partial charge in [-0.05, 0) is 41.3 Å². The van der Waals surface area contributed by atoms with E-state index in [1.807, 2.05) is 12.3 Å². The molecule has 1 aliphatic carbocycles. The molecule has 1 N–H and O–H groups in total. The van der Waals surface area contributed by atoms with Gasteiger partial charge in [0.2, 0.25) is 0 Å². The van der Waals surface area contributed by atoms with E-state index in [9.17, 15) is 4.79 Å². The zero-order chi connectivity index (χ0) is 14.4. The van der Waals surface area contributed by atoms with Crippen LogP contribution in [0.2, 0.25) is 0 Å². The lowest BCUT2D eigenvalue weighted by Gasteiger charge is -2.08. The monoisotopic (exact) mass is 344 g/mol. The maximum Gasteiger partial charge on any atom is 0.267 e. The Morgan fingerprint density at radius 1 is 1.45 bits per heavy atom. The first-order valence-electron chi connectivity index (χ1n) is 6.94. The van der Waals surface area contributed by atoms with Crippen LogP contribution in [0.5, 0.6) is 0 Å². The largest absolute Gasteiger partial charge is 0.382 e. The van der Waals surface area contributed by atoms with Gasteiger partial charge in [-0.2, -0.15) is 0 Å². The van der Waals surface area contributed by atoms with Crippen molar-refractivity contribution in [2.45, 2.75) is 25.3 Å². The lowest BCUT2D eigenvalue weighted by molar-refractivity contribution is 0.0688. The van der Waals surface area contributed by atoms with Crippen molar-refractivity contribution in [1.82, 2.24) is 9.88 Å². The maximum absolute atomic E-state index is 12.1. The SMILES string of the molecule is COCCOCCCNC(=O)c1cc(Br)cn1C1CC1. The summed E-state index contributed by atoms with van der Waals surface area (Å²) in [7, 11) is 1.65. The van der Waals surface area contributed by atoms with Crippen molar-refractivity contribution in [3.05, 3.63) is 22.4 Å². The van der Waals surface area contributed by atoms with Crippen molar-refractivity contribution >= 4 is 21.8 Å². The van der Waals surface area contributed by atoms with Gasteiger partial charge < -0.3 is 19.4 Å². The van der Waals surface area contributed by atoms with Crippen LogP contribution in [-0.4, -0.2) is 43.9 Å². The highest BCUT2D eigenvalue weighted by molar-refractivity contribution is 9.10. The molecule has 0 aliphatic heterocycles. The highest BCUT2D eigenvalue weighted by Gasteiger charge is 2.27. The van der Waals surface area contributed by atoms with E-state index in [0.29, 0.717) is 32.4 Å². The summed E-state index contributed by atoms with van der Waals surface area (Å²) in [5.41, 5.74) is 0.736. The van der Waals surface area contributed by atoms with Crippen molar-refractivity contribution in [3.8, 4) is 0 Å². The minimum absolute atomic E-state index is 0.0144. The molecule has 6 heteroatoms. The summed E-state index contributed by atoms with van der Waals surface area (Å²) in [6.45, 7) is 2.47. The number of hydrogen-bond acceptors (Lipinski definition) is 3. The van der Waals surface area contributed by atoms with E-state index in [0.717, 1.165) is 29.4 Å². The number of nitrogens with one attached hydrogen (secondary N) is 1. The van der Waals surface area contributed by atoms with Crippen LogP contribution in [0, 0.1) is 0 Å². The van der Waals surface area contributed by atoms with E-state index in [4.69, 9.17) is 9.47 Å². The third-order valence-corrected chi connectivity index (χ3v) is 3.60. The first-order chi connectivity index (χ1) is 9.72. The molecule has 5 nitrogen and oxygen atoms in total. The fourth-order valence-electron chi connectivity index (χ4n) is 1.99. The molecule has 1 fully saturated rings. The Morgan fingerprint density at radius 3 is 2.95 bits per heavy atom. The fourth-order valence-corrected chi connectivity index (χ4v) is 2.43. The van der Waals surface area contributed by atoms with Gasteiger partial charge in [-0.3, -0.25) is 4.79 Å². The Bertz CT molecular complexity index is 444. The average molecular weight is 345 g/mol. The van der Waals surface area contributed by atoms with E-state index >= 15 is 0 Å². The van der Waals surface area contributed by atoms with Gasteiger partial charge >= 0.3 is 0 Å². The van der Waals surface area contributed by atoms with Gasteiger partial charge in [0.25, 0.3) is 5.91 Å². The number of halogens is 1. The number of ether oxygens (including phenoxy) is 2. The second kappa shape index (κ2) is 7.81. The summed E-state index contributed by atoms with van der Waals surface area (Å²) in [5.74, 6) is -0.0144. The molecule has 1 amide bonds. The number of rotatable bonds is 9. The van der Waals surface area contributed by atoms with Gasteiger partial charge in [0.05, 0.1) is 13.2 Å². The minimum atomic E-state index is -0.0144. The van der Waals surface area contributed by atoms with Crippen LogP contribution in [-0.2, 0) is 9.47 Å². The summed E-state index contributed by atoms with van der Waals surface area (Å²) in [5, 5.41) is 2.93. The summed E-state index contributed by atoms with van der Waals surface area (Å²) in [4.78, 5) is 12.1. The van der Waals surface area contributed by atoms with E-state index in [2.05, 4.69) is 25.8 Å². The molecule has 0 atom stereocenters. The molecule has 2 rings (SSSR count). The van der Waals surface area contributed by atoms with Gasteiger partial charge in [0.1, 0.15) is 5.69 Å². The topological polar surface area (TPSA) is 52.5 Å². The number of carbonyl (C=O) groups is 1. The van der Waals surface area contributed by atoms with Gasteiger partial charge in [0, 0.05) is 37.0 Å². The summed E-state index contributed by atoms with van der Waals surface area (Å²) in [6, 6.07) is 2.38. The Morgan fingerprint density at radius 2 is 2.25 bits per heavy atom. The number of carbonyl (C=O) groups excluding carboxylic acids is 1. The van der Waals surface area contributed by atoms with E-state index in [-0.39, 0.29) is 5.91 Å². The smallest absolute Gasteiger partial charge is 0.267 e. The molecule has 0 radical (unpaired) electrons. The average Bonchev–Trinajstić information content (AvgIpc) is 3.20. The molecule has 0 saturated heterocycles. The predicted octanol–water partition coefficient (Wildman–Crippen LogP) is 2.37. The molecule has 1 aromatic heterocycles. The highest BCUT2D eigenvalue weighted by Crippen LogP contribution is 2.37. The normalized spacial score (nSPS) is 14.5. The van der Waals surface area contributed by atoms with Crippen molar-refractivity contribution in [2.24, 2.45) is 0 Å². The molecule has 0 spiro atoms. The molecular weight excluding hydrogens is 324 g/mol. The Kier molecular flexibility index (Phi) is 6.06. The first-order valence-corrected chi connectivity index (χ1v) is 7.74. The molecule has 0 bridgehead atoms. The minimum Gasteiger partial charge on any atom is -0.382 e. The lowest BCUT2D eigenvalue weighted by atomic mass is 10.3. The third kappa shape index (κ3) is 4.61. The Labute approximate surface area is 127 Å². The second-order valence-corrected chi connectivity index (χ2v) is 5.81. The van der Waals surface area contributed by atoms with Crippen LogP contribution in [0.25, 0.3) is 0 Å². The van der Waals surface area contributed by atoms with Gasteiger partial charge in [-0.1, -0.05) is 0 Å². The number of amides is 1. The molecule has 1 saturated carbocycles. The summed E-state index contributed by atoms with van der Waals surface area (Å²) >= 11 is 3.43. The van der Waals surface area contributed by atoms with Crippen LogP contribution in [0.4, 0.5) is 0 Å². The highest BCUT2D eigenvalue weighted by atomic mass is 79.9. The summed E-state index contributed by atoms with van der Waals surface area (Å²) < 4.78 is 13.3. The number of hydrogen-bond donors (Lipinski definition) is 1. The second-order valence-electron chi connectivity index (χ2n) is 4.90. The quantitative estimate of drug-likeness (QED) is 0.699. The number of methoxy groups -OCH3 is 1. The fraction of sp³-hybridized carbons (Fsp3) is 0.643. The van der Waals surface area contributed by atoms with Crippen molar-refractivity contribution in [3.63, 3.8) is 0 Å². The Balaban J connectivity index is 1.69. The molecule has 20 heavy (non-hydrogen) atoms. The Hall–Kier alpha value is -0.850. The number of nitrogens with zero attached hydrogens (tertiary/aromatic N) is 1. The standard InChI is InChI=1S/C14H21BrN2O3/c1-19-7-8-20-6-2-5-16-14(18)13-9-11(15)10-17(13)12-3-4-12/h9-10,12H,2-8H2,1H3,(H,16,18). The van der Waals surface area contributed by atoms with E-state index < -0.39 is 0 Å². The third-order valence-electron chi connectivity index (χ3n) is 3.17. The first kappa shape index (κ1) is 15.5. The zero-order valence-corrected chi connectivity index (χ0v) is 13.3. The van der Waals surface area contributed by atoms with Crippen LogP contribution < -0.4 is 5.32 Å². The molecule has 0 aromatic carbocycles. The predicted molar refractivity (Wildman–Crippen MR) is 80.0 cm³/mol. The summed E-state index contributed by atoms with van der Waals surface area (Å²) in [6.07, 6.45) is 5.12. The van der Waals surface area contributed by atoms with Gasteiger partial charge in [0.15, 0.2) is 0 Å². The number of aromatic nitrogens is 1.